The molecule has 0 heterocycles. The summed E-state index contributed by atoms with van der Waals surface area (Å²) >= 11 is 0. The van der Waals surface area contributed by atoms with E-state index >= 15 is 0 Å². The van der Waals surface area contributed by atoms with Crippen molar-refractivity contribution in [2.75, 3.05) is 13.7 Å². The number of hydrogen-bond donors (Lipinski definition) is 2. The number of carbonyl (C=O) groups is 1. The Morgan fingerprint density at radius 3 is 3.00 bits per heavy atom. The topological polar surface area (TPSA) is 64.3 Å². The van der Waals surface area contributed by atoms with Crippen molar-refractivity contribution in [1.29, 1.82) is 0 Å². The summed E-state index contributed by atoms with van der Waals surface area (Å²) in [5.41, 5.74) is 7.09. The van der Waals surface area contributed by atoms with Gasteiger partial charge in [-0.05, 0) is 37.0 Å². The van der Waals surface area contributed by atoms with Gasteiger partial charge in [-0.3, -0.25) is 4.79 Å². The average molecular weight is 262 g/mol. The number of nitrogens with two attached hydrogens (primary N) is 1. The number of methoxy groups -OCH3 is 1. The number of amides is 1. The maximum Gasteiger partial charge on any atom is 0.224 e. The molecule has 19 heavy (non-hydrogen) atoms. The number of hydrogen-bond acceptors (Lipinski definition) is 3. The van der Waals surface area contributed by atoms with Gasteiger partial charge in [0.05, 0.1) is 13.0 Å². The smallest absolute Gasteiger partial charge is 0.224 e. The minimum atomic E-state index is 0.00492. The summed E-state index contributed by atoms with van der Waals surface area (Å²) in [6, 6.07) is 7.95. The van der Waals surface area contributed by atoms with E-state index in [1.807, 2.05) is 24.3 Å². The van der Waals surface area contributed by atoms with E-state index in [2.05, 4.69) is 5.32 Å². The Kier molecular flexibility index (Phi) is 4.80. The van der Waals surface area contributed by atoms with Crippen LogP contribution in [0.25, 0.3) is 0 Å². The Hall–Kier alpha value is -1.55. The molecule has 2 unspecified atom stereocenters. The second kappa shape index (κ2) is 6.57. The van der Waals surface area contributed by atoms with Gasteiger partial charge >= 0.3 is 0 Å². The van der Waals surface area contributed by atoms with Crippen LogP contribution in [-0.2, 0) is 11.2 Å². The van der Waals surface area contributed by atoms with Gasteiger partial charge in [-0.25, -0.2) is 0 Å². The van der Waals surface area contributed by atoms with E-state index in [1.165, 1.54) is 0 Å². The van der Waals surface area contributed by atoms with Crippen LogP contribution in [0.1, 0.15) is 24.8 Å². The largest absolute Gasteiger partial charge is 0.497 e. The van der Waals surface area contributed by atoms with Crippen molar-refractivity contribution in [2.24, 2.45) is 11.7 Å². The average Bonchev–Trinajstić information content (AvgIpc) is 2.85. The molecule has 2 rings (SSSR count). The van der Waals surface area contributed by atoms with Crippen molar-refractivity contribution in [1.82, 2.24) is 5.32 Å². The molecular weight excluding hydrogens is 240 g/mol. The first-order valence-electron chi connectivity index (χ1n) is 6.87. The first kappa shape index (κ1) is 13.9. The summed E-state index contributed by atoms with van der Waals surface area (Å²) in [7, 11) is 1.66. The molecule has 0 aromatic heterocycles. The van der Waals surface area contributed by atoms with Crippen molar-refractivity contribution in [3.63, 3.8) is 0 Å². The Morgan fingerprint density at radius 2 is 2.32 bits per heavy atom. The molecule has 104 valence electrons. The first-order chi connectivity index (χ1) is 9.20. The standard InChI is InChI=1S/C15H22N2O2/c1-19-12-5-2-4-11(10-12)8-9-17-15(18)13-6-3-7-14(13)16/h2,4-5,10,13-14H,3,6-9,16H2,1H3,(H,17,18). The lowest BCUT2D eigenvalue weighted by Gasteiger charge is -2.15. The van der Waals surface area contributed by atoms with Crippen LogP contribution in [-0.4, -0.2) is 25.6 Å². The fourth-order valence-corrected chi connectivity index (χ4v) is 2.60. The van der Waals surface area contributed by atoms with Gasteiger partial charge in [0, 0.05) is 12.6 Å². The molecule has 4 heteroatoms. The minimum Gasteiger partial charge on any atom is -0.497 e. The lowest BCUT2D eigenvalue weighted by Crippen LogP contribution is -2.39. The Morgan fingerprint density at radius 1 is 1.47 bits per heavy atom. The number of ether oxygens (including phenoxy) is 1. The zero-order valence-electron chi connectivity index (χ0n) is 11.4. The van der Waals surface area contributed by atoms with E-state index in [0.717, 1.165) is 37.0 Å². The van der Waals surface area contributed by atoms with Gasteiger partial charge in [-0.15, -0.1) is 0 Å². The lowest BCUT2D eigenvalue weighted by molar-refractivity contribution is -0.125. The van der Waals surface area contributed by atoms with Gasteiger partial charge < -0.3 is 15.8 Å². The van der Waals surface area contributed by atoms with Crippen molar-refractivity contribution in [3.8, 4) is 5.75 Å². The van der Waals surface area contributed by atoms with Crippen LogP contribution in [0.5, 0.6) is 5.75 Å². The zero-order chi connectivity index (χ0) is 13.7. The van der Waals surface area contributed by atoms with Crippen LogP contribution in [0.3, 0.4) is 0 Å². The van der Waals surface area contributed by atoms with E-state index in [0.29, 0.717) is 6.54 Å². The quantitative estimate of drug-likeness (QED) is 0.845. The van der Waals surface area contributed by atoms with E-state index in [4.69, 9.17) is 10.5 Å². The molecule has 0 bridgehead atoms. The SMILES string of the molecule is COc1cccc(CCNC(=O)C2CCCC2N)c1. The van der Waals surface area contributed by atoms with Crippen LogP contribution < -0.4 is 15.8 Å². The minimum absolute atomic E-state index is 0.00492. The fourth-order valence-electron chi connectivity index (χ4n) is 2.60. The molecule has 2 atom stereocenters. The molecule has 1 fully saturated rings. The van der Waals surface area contributed by atoms with Gasteiger partial charge in [-0.1, -0.05) is 18.6 Å². The molecular formula is C15H22N2O2. The molecule has 0 radical (unpaired) electrons. The lowest BCUT2D eigenvalue weighted by atomic mass is 10.0. The fraction of sp³-hybridized carbons (Fsp3) is 0.533. The molecule has 1 aliphatic carbocycles. The molecule has 4 nitrogen and oxygen atoms in total. The number of benzene rings is 1. The van der Waals surface area contributed by atoms with Gasteiger partial charge in [0.15, 0.2) is 0 Å². The van der Waals surface area contributed by atoms with Crippen molar-refractivity contribution in [3.05, 3.63) is 29.8 Å². The maximum absolute atomic E-state index is 12.0. The number of rotatable bonds is 5. The Bertz CT molecular complexity index is 434. The van der Waals surface area contributed by atoms with Gasteiger partial charge in [0.2, 0.25) is 5.91 Å². The molecule has 0 aliphatic heterocycles. The third-order valence-electron chi connectivity index (χ3n) is 3.75. The van der Waals surface area contributed by atoms with Crippen molar-refractivity contribution in [2.45, 2.75) is 31.7 Å². The molecule has 1 saturated carbocycles. The summed E-state index contributed by atoms with van der Waals surface area (Å²) < 4.78 is 5.17. The second-order valence-electron chi connectivity index (χ2n) is 5.09. The summed E-state index contributed by atoms with van der Waals surface area (Å²) in [6.07, 6.45) is 3.76. The monoisotopic (exact) mass is 262 g/mol. The predicted octanol–water partition coefficient (Wildman–Crippen LogP) is 1.48. The predicted molar refractivity (Wildman–Crippen MR) is 75.0 cm³/mol. The number of nitrogens with one attached hydrogen (secondary N) is 1. The third kappa shape index (κ3) is 3.70. The van der Waals surface area contributed by atoms with Crippen LogP contribution in [0.15, 0.2) is 24.3 Å². The van der Waals surface area contributed by atoms with E-state index in [9.17, 15) is 4.79 Å². The van der Waals surface area contributed by atoms with Gasteiger partial charge in [0.25, 0.3) is 0 Å². The zero-order valence-corrected chi connectivity index (χ0v) is 11.4. The van der Waals surface area contributed by atoms with Gasteiger partial charge in [0.1, 0.15) is 5.75 Å². The highest BCUT2D eigenvalue weighted by atomic mass is 16.5. The molecule has 3 N–H and O–H groups in total. The normalized spacial score (nSPS) is 22.2. The molecule has 1 amide bonds. The van der Waals surface area contributed by atoms with E-state index in [-0.39, 0.29) is 17.9 Å². The third-order valence-corrected chi connectivity index (χ3v) is 3.75. The molecule has 0 saturated heterocycles. The van der Waals surface area contributed by atoms with E-state index < -0.39 is 0 Å². The Balaban J connectivity index is 1.78. The summed E-state index contributed by atoms with van der Waals surface area (Å²) in [4.78, 5) is 12.0. The van der Waals surface area contributed by atoms with Crippen molar-refractivity contribution < 1.29 is 9.53 Å². The second-order valence-corrected chi connectivity index (χ2v) is 5.09. The summed E-state index contributed by atoms with van der Waals surface area (Å²) in [5, 5.41) is 2.98. The van der Waals surface area contributed by atoms with Crippen molar-refractivity contribution >= 4 is 5.91 Å². The molecule has 1 aliphatic rings. The maximum atomic E-state index is 12.0. The molecule has 1 aromatic rings. The van der Waals surface area contributed by atoms with E-state index in [1.54, 1.807) is 7.11 Å². The summed E-state index contributed by atoms with van der Waals surface area (Å²) in [6.45, 7) is 0.648. The highest BCUT2D eigenvalue weighted by Crippen LogP contribution is 2.23. The molecule has 1 aromatic carbocycles. The Labute approximate surface area is 114 Å². The van der Waals surface area contributed by atoms with Crippen LogP contribution in [0.2, 0.25) is 0 Å². The van der Waals surface area contributed by atoms with Gasteiger partial charge in [-0.2, -0.15) is 0 Å². The van der Waals surface area contributed by atoms with Crippen LogP contribution >= 0.6 is 0 Å². The highest BCUT2D eigenvalue weighted by molar-refractivity contribution is 5.79. The first-order valence-corrected chi connectivity index (χ1v) is 6.87. The van der Waals surface area contributed by atoms with Crippen LogP contribution in [0, 0.1) is 5.92 Å². The molecule has 0 spiro atoms. The van der Waals surface area contributed by atoms with Crippen LogP contribution in [0.4, 0.5) is 0 Å². The number of carbonyl (C=O) groups excluding carboxylic acids is 1. The summed E-state index contributed by atoms with van der Waals surface area (Å²) in [5.74, 6) is 0.958. The highest BCUT2D eigenvalue weighted by Gasteiger charge is 2.29.